The van der Waals surface area contributed by atoms with E-state index in [2.05, 4.69) is 10.2 Å². The van der Waals surface area contributed by atoms with Crippen molar-refractivity contribution in [2.75, 3.05) is 26.2 Å². The molecule has 2 saturated heterocycles. The number of nitrogens with zero attached hydrogens (tertiary/aromatic N) is 3. The van der Waals surface area contributed by atoms with Gasteiger partial charge in [0.15, 0.2) is 0 Å². The number of aromatic amines is 1. The molecule has 0 spiro atoms. The number of carbonyl (C=O) groups is 2. The molecular formula is C22H27FN4O2. The highest BCUT2D eigenvalue weighted by Crippen LogP contribution is 2.26. The lowest BCUT2D eigenvalue weighted by atomic mass is 9.94. The Morgan fingerprint density at radius 3 is 2.24 bits per heavy atom. The number of likely N-dealkylation sites (tertiary alicyclic amines) is 2. The third kappa shape index (κ3) is 4.33. The van der Waals surface area contributed by atoms with Crippen LogP contribution in [0, 0.1) is 11.7 Å². The second-order valence-electron chi connectivity index (χ2n) is 7.97. The smallest absolute Gasteiger partial charge is 0.257 e. The van der Waals surface area contributed by atoms with Gasteiger partial charge in [0.1, 0.15) is 5.82 Å². The minimum atomic E-state index is -0.322. The highest BCUT2D eigenvalue weighted by Gasteiger charge is 2.31. The molecule has 1 aromatic heterocycles. The molecule has 2 amide bonds. The van der Waals surface area contributed by atoms with Crippen LogP contribution in [-0.4, -0.2) is 58.0 Å². The minimum absolute atomic E-state index is 0.0121. The predicted molar refractivity (Wildman–Crippen MR) is 108 cm³/mol. The van der Waals surface area contributed by atoms with E-state index in [4.69, 9.17) is 0 Å². The fourth-order valence-electron chi connectivity index (χ4n) is 4.33. The Bertz CT molecular complexity index is 848. The van der Waals surface area contributed by atoms with E-state index in [0.717, 1.165) is 31.5 Å². The number of benzene rings is 1. The summed E-state index contributed by atoms with van der Waals surface area (Å²) < 4.78 is 13.2. The van der Waals surface area contributed by atoms with Gasteiger partial charge in [0.25, 0.3) is 5.91 Å². The van der Waals surface area contributed by atoms with E-state index < -0.39 is 0 Å². The third-order valence-electron chi connectivity index (χ3n) is 6.05. The maximum absolute atomic E-state index is 13.2. The first-order valence-corrected chi connectivity index (χ1v) is 10.5. The van der Waals surface area contributed by atoms with Gasteiger partial charge in [-0.25, -0.2) is 4.39 Å². The molecule has 6 nitrogen and oxygen atoms in total. The molecule has 0 saturated carbocycles. The zero-order chi connectivity index (χ0) is 20.2. The van der Waals surface area contributed by atoms with Crippen LogP contribution in [0.1, 0.15) is 48.9 Å². The van der Waals surface area contributed by atoms with Gasteiger partial charge < -0.3 is 9.80 Å². The molecule has 7 heteroatoms. The minimum Gasteiger partial charge on any atom is -0.342 e. The summed E-state index contributed by atoms with van der Waals surface area (Å²) >= 11 is 0. The number of hydrogen-bond acceptors (Lipinski definition) is 3. The van der Waals surface area contributed by atoms with Crippen molar-refractivity contribution >= 4 is 11.8 Å². The highest BCUT2D eigenvalue weighted by atomic mass is 19.1. The molecule has 0 atom stereocenters. The fourth-order valence-corrected chi connectivity index (χ4v) is 4.33. The summed E-state index contributed by atoms with van der Waals surface area (Å²) in [5, 5.41) is 6.88. The van der Waals surface area contributed by atoms with Crippen molar-refractivity contribution in [2.24, 2.45) is 5.92 Å². The highest BCUT2D eigenvalue weighted by molar-refractivity contribution is 5.99. The molecule has 0 radical (unpaired) electrons. The van der Waals surface area contributed by atoms with Crippen molar-refractivity contribution in [1.82, 2.24) is 20.0 Å². The maximum atomic E-state index is 13.2. The van der Waals surface area contributed by atoms with Gasteiger partial charge in [-0.3, -0.25) is 14.7 Å². The lowest BCUT2D eigenvalue weighted by molar-refractivity contribution is -0.136. The van der Waals surface area contributed by atoms with Crippen LogP contribution < -0.4 is 0 Å². The summed E-state index contributed by atoms with van der Waals surface area (Å²) in [7, 11) is 0. The van der Waals surface area contributed by atoms with Gasteiger partial charge in [0, 0.05) is 37.7 Å². The quantitative estimate of drug-likeness (QED) is 0.861. The van der Waals surface area contributed by atoms with Gasteiger partial charge in [-0.15, -0.1) is 0 Å². The number of carbonyl (C=O) groups excluding carboxylic acids is 2. The summed E-state index contributed by atoms with van der Waals surface area (Å²) in [5.41, 5.74) is 1.80. The SMILES string of the molecule is O=C(c1cn[nH]c1-c1ccc(F)cc1)N1CCC(C(=O)N2CCCCCC2)CC1. The first-order chi connectivity index (χ1) is 14.1. The Balaban J connectivity index is 1.39. The van der Waals surface area contributed by atoms with Crippen LogP contribution in [0.5, 0.6) is 0 Å². The Labute approximate surface area is 170 Å². The summed E-state index contributed by atoms with van der Waals surface area (Å²) in [4.78, 5) is 29.7. The molecule has 29 heavy (non-hydrogen) atoms. The van der Waals surface area contributed by atoms with E-state index in [-0.39, 0.29) is 23.5 Å². The molecule has 1 aromatic carbocycles. The average molecular weight is 398 g/mol. The standard InChI is InChI=1S/C22H27FN4O2/c23-18-7-5-16(6-8-18)20-19(15-24-25-20)22(29)27-13-9-17(10-14-27)21(28)26-11-3-1-2-4-12-26/h5-8,15,17H,1-4,9-14H2,(H,24,25). The van der Waals surface area contributed by atoms with Crippen LogP contribution in [0.3, 0.4) is 0 Å². The Morgan fingerprint density at radius 1 is 0.931 bits per heavy atom. The lowest BCUT2D eigenvalue weighted by Crippen LogP contribution is -2.44. The summed E-state index contributed by atoms with van der Waals surface area (Å²) in [6, 6.07) is 5.99. The average Bonchev–Trinajstić information content (AvgIpc) is 3.08. The van der Waals surface area contributed by atoms with Crippen LogP contribution in [0.15, 0.2) is 30.5 Å². The zero-order valence-electron chi connectivity index (χ0n) is 16.6. The molecule has 0 aliphatic carbocycles. The largest absolute Gasteiger partial charge is 0.342 e. The van der Waals surface area contributed by atoms with Crippen LogP contribution in [0.25, 0.3) is 11.3 Å². The van der Waals surface area contributed by atoms with E-state index >= 15 is 0 Å². The van der Waals surface area contributed by atoms with Gasteiger partial charge in [0.2, 0.25) is 5.91 Å². The molecule has 0 unspecified atom stereocenters. The van der Waals surface area contributed by atoms with Crippen LogP contribution >= 0.6 is 0 Å². The third-order valence-corrected chi connectivity index (χ3v) is 6.05. The molecule has 1 N–H and O–H groups in total. The number of halogens is 1. The second kappa shape index (κ2) is 8.76. The van der Waals surface area contributed by atoms with Gasteiger partial charge in [-0.05, 0) is 49.9 Å². The molecule has 2 fully saturated rings. The van der Waals surface area contributed by atoms with Crippen molar-refractivity contribution in [2.45, 2.75) is 38.5 Å². The van der Waals surface area contributed by atoms with E-state index in [1.807, 2.05) is 4.90 Å². The maximum Gasteiger partial charge on any atom is 0.257 e. The summed E-state index contributed by atoms with van der Waals surface area (Å²) in [5.74, 6) is -0.150. The molecule has 0 bridgehead atoms. The van der Waals surface area contributed by atoms with Crippen LogP contribution in [0.2, 0.25) is 0 Å². The zero-order valence-corrected chi connectivity index (χ0v) is 16.6. The Hall–Kier alpha value is -2.70. The number of nitrogens with one attached hydrogen (secondary N) is 1. The summed E-state index contributed by atoms with van der Waals surface area (Å²) in [6.07, 6.45) is 7.52. The second-order valence-corrected chi connectivity index (χ2v) is 7.97. The molecule has 2 aliphatic rings. The first kappa shape index (κ1) is 19.6. The molecule has 3 heterocycles. The number of rotatable bonds is 3. The predicted octanol–water partition coefficient (Wildman–Crippen LogP) is 3.47. The van der Waals surface area contributed by atoms with Crippen molar-refractivity contribution in [3.63, 3.8) is 0 Å². The lowest BCUT2D eigenvalue weighted by Gasteiger charge is -2.34. The van der Waals surface area contributed by atoms with Crippen molar-refractivity contribution in [3.05, 3.63) is 41.8 Å². The molecular weight excluding hydrogens is 371 g/mol. The topological polar surface area (TPSA) is 69.3 Å². The van der Waals surface area contributed by atoms with Crippen molar-refractivity contribution < 1.29 is 14.0 Å². The van der Waals surface area contributed by atoms with E-state index in [0.29, 0.717) is 37.2 Å². The summed E-state index contributed by atoms with van der Waals surface area (Å²) in [6.45, 7) is 2.87. The molecule has 4 rings (SSSR count). The normalized spacial score (nSPS) is 18.5. The Morgan fingerprint density at radius 2 is 1.59 bits per heavy atom. The van der Waals surface area contributed by atoms with Crippen LogP contribution in [-0.2, 0) is 4.79 Å². The number of hydrogen-bond donors (Lipinski definition) is 1. The van der Waals surface area contributed by atoms with Gasteiger partial charge in [-0.1, -0.05) is 12.8 Å². The number of amides is 2. The molecule has 2 aliphatic heterocycles. The van der Waals surface area contributed by atoms with Crippen molar-refractivity contribution in [3.8, 4) is 11.3 Å². The van der Waals surface area contributed by atoms with E-state index in [9.17, 15) is 14.0 Å². The van der Waals surface area contributed by atoms with Crippen LogP contribution in [0.4, 0.5) is 4.39 Å². The monoisotopic (exact) mass is 398 g/mol. The van der Waals surface area contributed by atoms with Crippen molar-refractivity contribution in [1.29, 1.82) is 0 Å². The van der Waals surface area contributed by atoms with E-state index in [1.165, 1.54) is 31.2 Å². The fraction of sp³-hybridized carbons (Fsp3) is 0.500. The van der Waals surface area contributed by atoms with Gasteiger partial charge >= 0.3 is 0 Å². The van der Waals surface area contributed by atoms with Gasteiger partial charge in [0.05, 0.1) is 17.5 Å². The van der Waals surface area contributed by atoms with Gasteiger partial charge in [-0.2, -0.15) is 5.10 Å². The number of piperidine rings is 1. The first-order valence-electron chi connectivity index (χ1n) is 10.5. The molecule has 2 aromatic rings. The molecule has 154 valence electrons. The Kier molecular flexibility index (Phi) is 5.92. The number of H-pyrrole nitrogens is 1. The number of aromatic nitrogens is 2. The van der Waals surface area contributed by atoms with E-state index in [1.54, 1.807) is 17.0 Å².